The van der Waals surface area contributed by atoms with Gasteiger partial charge in [0, 0.05) is 4.47 Å². The van der Waals surface area contributed by atoms with Gasteiger partial charge < -0.3 is 4.74 Å². The van der Waals surface area contributed by atoms with Crippen molar-refractivity contribution in [2.75, 3.05) is 6.61 Å². The minimum atomic E-state index is -0.764. The monoisotopic (exact) mass is 280 g/mol. The molecule has 0 spiro atoms. The van der Waals surface area contributed by atoms with Crippen molar-refractivity contribution in [3.8, 4) is 0 Å². The highest BCUT2D eigenvalue weighted by molar-refractivity contribution is 9.10. The fraction of sp³-hybridized carbons (Fsp3) is 0.222. The van der Waals surface area contributed by atoms with Gasteiger partial charge in [-0.3, -0.25) is 0 Å². The van der Waals surface area contributed by atoms with Crippen molar-refractivity contribution in [3.05, 3.63) is 33.0 Å². The number of hydrogen-bond donors (Lipinski definition) is 0. The van der Waals surface area contributed by atoms with Gasteiger partial charge in [-0.25, -0.2) is 9.18 Å². The number of carbonyl (C=O) groups is 1. The van der Waals surface area contributed by atoms with Gasteiger partial charge >= 0.3 is 5.97 Å². The second-order valence-corrected chi connectivity index (χ2v) is 3.68. The Morgan fingerprint density at radius 3 is 2.86 bits per heavy atom. The zero-order valence-corrected chi connectivity index (χ0v) is 9.65. The van der Waals surface area contributed by atoms with Crippen molar-refractivity contribution in [2.24, 2.45) is 0 Å². The third-order valence-corrected chi connectivity index (χ3v) is 2.79. The lowest BCUT2D eigenvalue weighted by atomic mass is 10.2. The molecule has 76 valence electrons. The third kappa shape index (κ3) is 2.25. The molecule has 0 N–H and O–H groups in total. The van der Waals surface area contributed by atoms with E-state index in [4.69, 9.17) is 11.6 Å². The Kier molecular flexibility index (Phi) is 3.89. The van der Waals surface area contributed by atoms with Crippen molar-refractivity contribution in [3.63, 3.8) is 0 Å². The molecular formula is C9H7BrClFO2. The smallest absolute Gasteiger partial charge is 0.341 e. The van der Waals surface area contributed by atoms with Gasteiger partial charge in [0.15, 0.2) is 5.82 Å². The summed E-state index contributed by atoms with van der Waals surface area (Å²) in [6.45, 7) is 1.85. The molecule has 1 aromatic carbocycles. The summed E-state index contributed by atoms with van der Waals surface area (Å²) in [6.07, 6.45) is 0. The summed E-state index contributed by atoms with van der Waals surface area (Å²) in [7, 11) is 0. The van der Waals surface area contributed by atoms with Crippen LogP contribution in [0.1, 0.15) is 17.3 Å². The van der Waals surface area contributed by atoms with Crippen LogP contribution in [-0.4, -0.2) is 12.6 Å². The summed E-state index contributed by atoms with van der Waals surface area (Å²) >= 11 is 8.64. The van der Waals surface area contributed by atoms with Gasteiger partial charge in [-0.15, -0.1) is 0 Å². The Hall–Kier alpha value is -0.610. The molecule has 0 aromatic heterocycles. The number of hydrogen-bond acceptors (Lipinski definition) is 2. The van der Waals surface area contributed by atoms with Crippen LogP contribution in [0.4, 0.5) is 4.39 Å². The number of esters is 1. The van der Waals surface area contributed by atoms with Gasteiger partial charge in [0.1, 0.15) is 0 Å². The van der Waals surface area contributed by atoms with Crippen LogP contribution in [0.2, 0.25) is 5.02 Å². The van der Waals surface area contributed by atoms with E-state index in [9.17, 15) is 9.18 Å². The summed E-state index contributed by atoms with van der Waals surface area (Å²) in [5.41, 5.74) is -0.153. The molecule has 0 radical (unpaired) electrons. The number of benzene rings is 1. The molecule has 5 heteroatoms. The quantitative estimate of drug-likeness (QED) is 0.613. The van der Waals surface area contributed by atoms with Gasteiger partial charge in [0.05, 0.1) is 17.2 Å². The first kappa shape index (κ1) is 11.5. The molecule has 14 heavy (non-hydrogen) atoms. The maximum atomic E-state index is 13.4. The van der Waals surface area contributed by atoms with E-state index in [0.717, 1.165) is 0 Å². The lowest BCUT2D eigenvalue weighted by molar-refractivity contribution is 0.0521. The molecule has 0 aliphatic rings. The first-order chi connectivity index (χ1) is 6.57. The van der Waals surface area contributed by atoms with Crippen molar-refractivity contribution >= 4 is 33.5 Å². The molecule has 0 bridgehead atoms. The maximum absolute atomic E-state index is 13.4. The van der Waals surface area contributed by atoms with Crippen LogP contribution in [-0.2, 0) is 4.74 Å². The van der Waals surface area contributed by atoms with Gasteiger partial charge in [0.2, 0.25) is 0 Å². The molecular weight excluding hydrogens is 274 g/mol. The Morgan fingerprint density at radius 2 is 2.29 bits per heavy atom. The van der Waals surface area contributed by atoms with Crippen LogP contribution in [0.15, 0.2) is 16.6 Å². The second kappa shape index (κ2) is 4.75. The predicted octanol–water partition coefficient (Wildman–Crippen LogP) is 3.42. The average molecular weight is 282 g/mol. The van der Waals surface area contributed by atoms with Crippen LogP contribution in [0.25, 0.3) is 0 Å². The molecule has 0 aliphatic carbocycles. The van der Waals surface area contributed by atoms with E-state index in [2.05, 4.69) is 20.7 Å². The van der Waals surface area contributed by atoms with E-state index in [1.54, 1.807) is 6.92 Å². The second-order valence-electron chi connectivity index (χ2n) is 2.44. The lowest BCUT2D eigenvalue weighted by Crippen LogP contribution is -2.07. The highest BCUT2D eigenvalue weighted by Gasteiger charge is 2.16. The van der Waals surface area contributed by atoms with Crippen molar-refractivity contribution < 1.29 is 13.9 Å². The minimum absolute atomic E-state index is 0.115. The molecule has 1 rings (SSSR count). The fourth-order valence-corrected chi connectivity index (χ4v) is 1.36. The molecule has 0 unspecified atom stereocenters. The normalized spacial score (nSPS) is 10.0. The average Bonchev–Trinajstić information content (AvgIpc) is 2.15. The molecule has 0 amide bonds. The number of rotatable bonds is 2. The Bertz CT molecular complexity index is 368. The van der Waals surface area contributed by atoms with Gasteiger partial charge in [-0.2, -0.15) is 0 Å². The zero-order valence-electron chi connectivity index (χ0n) is 7.31. The van der Waals surface area contributed by atoms with E-state index in [0.29, 0.717) is 4.47 Å². The molecule has 1 aromatic rings. The number of ether oxygens (including phenoxy) is 1. The van der Waals surface area contributed by atoms with Crippen LogP contribution < -0.4 is 0 Å². The Balaban J connectivity index is 3.11. The summed E-state index contributed by atoms with van der Waals surface area (Å²) < 4.78 is 18.4. The van der Waals surface area contributed by atoms with Crippen molar-refractivity contribution in [2.45, 2.75) is 6.92 Å². The molecule has 0 heterocycles. The fourth-order valence-electron chi connectivity index (χ4n) is 0.892. The lowest BCUT2D eigenvalue weighted by Gasteiger charge is -2.05. The van der Waals surface area contributed by atoms with Gasteiger partial charge in [-0.1, -0.05) is 11.6 Å². The van der Waals surface area contributed by atoms with Gasteiger partial charge in [-0.05, 0) is 35.0 Å². The molecule has 0 aliphatic heterocycles. The highest BCUT2D eigenvalue weighted by atomic mass is 79.9. The van der Waals surface area contributed by atoms with E-state index >= 15 is 0 Å². The van der Waals surface area contributed by atoms with Crippen LogP contribution in [0.5, 0.6) is 0 Å². The van der Waals surface area contributed by atoms with Gasteiger partial charge in [0.25, 0.3) is 0 Å². The first-order valence-corrected chi connectivity index (χ1v) is 5.05. The largest absolute Gasteiger partial charge is 0.462 e. The molecule has 0 saturated heterocycles. The summed E-state index contributed by atoms with van der Waals surface area (Å²) in [5.74, 6) is -1.47. The molecule has 0 saturated carbocycles. The Labute approximate surface area is 94.1 Å². The van der Waals surface area contributed by atoms with Crippen LogP contribution >= 0.6 is 27.5 Å². The van der Waals surface area contributed by atoms with Crippen LogP contribution in [0, 0.1) is 5.82 Å². The third-order valence-electron chi connectivity index (χ3n) is 1.53. The van der Waals surface area contributed by atoms with E-state index < -0.39 is 11.8 Å². The van der Waals surface area contributed by atoms with E-state index in [1.807, 2.05) is 0 Å². The number of halogens is 3. The first-order valence-electron chi connectivity index (χ1n) is 3.88. The summed E-state index contributed by atoms with van der Waals surface area (Å²) in [4.78, 5) is 11.2. The Morgan fingerprint density at radius 1 is 1.64 bits per heavy atom. The van der Waals surface area contributed by atoms with Crippen LogP contribution in [0.3, 0.4) is 0 Å². The number of carbonyl (C=O) groups excluding carboxylic acids is 1. The summed E-state index contributed by atoms with van der Waals surface area (Å²) in [5, 5.41) is -0.115. The highest BCUT2D eigenvalue weighted by Crippen LogP contribution is 2.27. The topological polar surface area (TPSA) is 26.3 Å². The summed E-state index contributed by atoms with van der Waals surface area (Å²) in [6, 6.07) is 2.82. The van der Waals surface area contributed by atoms with Crippen molar-refractivity contribution in [1.29, 1.82) is 0 Å². The predicted molar refractivity (Wildman–Crippen MR) is 55.1 cm³/mol. The standard InChI is InChI=1S/C9H7BrClFO2/c1-2-14-9(13)5-3-4-6(10)7(11)8(5)12/h3-4H,2H2,1H3. The molecule has 2 nitrogen and oxygen atoms in total. The SMILES string of the molecule is CCOC(=O)c1ccc(Br)c(Cl)c1F. The van der Waals surface area contributed by atoms with E-state index in [1.165, 1.54) is 12.1 Å². The van der Waals surface area contributed by atoms with E-state index in [-0.39, 0.29) is 17.2 Å². The molecule has 0 atom stereocenters. The maximum Gasteiger partial charge on any atom is 0.341 e. The zero-order chi connectivity index (χ0) is 10.7. The molecule has 0 fully saturated rings. The van der Waals surface area contributed by atoms with Crippen molar-refractivity contribution in [1.82, 2.24) is 0 Å². The minimum Gasteiger partial charge on any atom is -0.462 e.